The monoisotopic (exact) mass is 770 g/mol. The number of rotatable bonds is 16. The van der Waals surface area contributed by atoms with Gasteiger partial charge in [0.15, 0.2) is 0 Å². The Bertz CT molecular complexity index is 2440. The van der Waals surface area contributed by atoms with Crippen LogP contribution in [0.2, 0.25) is 0 Å². The average molecular weight is 771 g/mol. The summed E-state index contributed by atoms with van der Waals surface area (Å²) < 4.78 is 5.30. The molecule has 0 saturated carbocycles. The fraction of sp³-hybridized carbons (Fsp3) is 0.143. The van der Waals surface area contributed by atoms with E-state index in [4.69, 9.17) is 4.74 Å². The standard InChI is InChI=1S/C56H54N2O/c1-43-5-11-46(12-6-43)17-18-47-21-25-52(26-22-47)40-57(39-51-13-7-44(2)8-14-51)38-37-50-29-33-55(34-30-50)58(41-53-15-9-45(3)10-16-53)42-54-27-23-48(24-28-54)19-20-49-31-35-56(59-4)36-32-49/h5-38H,39-42H2,1-4H3/b18-17+,20-19+,38-37+. The van der Waals surface area contributed by atoms with Crippen LogP contribution in [0.5, 0.6) is 5.75 Å². The van der Waals surface area contributed by atoms with E-state index in [0.29, 0.717) is 0 Å². The number of hydrogen-bond donors (Lipinski definition) is 0. The van der Waals surface area contributed by atoms with Gasteiger partial charge in [-0.25, -0.2) is 0 Å². The zero-order valence-corrected chi connectivity index (χ0v) is 34.8. The zero-order chi connectivity index (χ0) is 40.8. The Hall–Kier alpha value is -6.84. The maximum Gasteiger partial charge on any atom is 0.118 e. The largest absolute Gasteiger partial charge is 0.497 e. The van der Waals surface area contributed by atoms with Crippen LogP contribution in [0.25, 0.3) is 30.4 Å². The maximum atomic E-state index is 5.30. The SMILES string of the molecule is COc1ccc(/C=C/c2ccc(CN(Cc3ccc(C)cc3)c3ccc(/C=C/N(Cc4ccc(C)cc4)Cc4ccc(/C=C/c5ccc(C)cc5)cc4)cc3)cc2)cc1. The summed E-state index contributed by atoms with van der Waals surface area (Å²) in [4.78, 5) is 4.86. The second kappa shape index (κ2) is 20.0. The molecule has 0 N–H and O–H groups in total. The highest BCUT2D eigenvalue weighted by Crippen LogP contribution is 2.24. The van der Waals surface area contributed by atoms with Gasteiger partial charge in [0.2, 0.25) is 0 Å². The molecule has 0 aliphatic rings. The molecule has 0 saturated heterocycles. The molecule has 0 unspecified atom stereocenters. The van der Waals surface area contributed by atoms with E-state index in [9.17, 15) is 0 Å². The summed E-state index contributed by atoms with van der Waals surface area (Å²) in [6, 6.07) is 61.3. The van der Waals surface area contributed by atoms with Gasteiger partial charge in [0, 0.05) is 38.1 Å². The van der Waals surface area contributed by atoms with Gasteiger partial charge in [-0.1, -0.05) is 187 Å². The van der Waals surface area contributed by atoms with Gasteiger partial charge in [0.25, 0.3) is 0 Å². The van der Waals surface area contributed by atoms with Gasteiger partial charge >= 0.3 is 0 Å². The first-order valence-corrected chi connectivity index (χ1v) is 20.5. The van der Waals surface area contributed by atoms with Crippen LogP contribution in [0.3, 0.4) is 0 Å². The van der Waals surface area contributed by atoms with Crippen molar-refractivity contribution in [1.82, 2.24) is 4.90 Å². The molecule has 0 amide bonds. The topological polar surface area (TPSA) is 15.7 Å². The Kier molecular flexibility index (Phi) is 13.7. The first kappa shape index (κ1) is 40.4. The van der Waals surface area contributed by atoms with E-state index in [1.54, 1.807) is 7.11 Å². The third-order valence-electron chi connectivity index (χ3n) is 10.6. The number of nitrogens with zero attached hydrogens (tertiary/aromatic N) is 2. The molecule has 0 atom stereocenters. The third-order valence-corrected chi connectivity index (χ3v) is 10.6. The average Bonchev–Trinajstić information content (AvgIpc) is 3.27. The zero-order valence-electron chi connectivity index (χ0n) is 34.8. The van der Waals surface area contributed by atoms with Crippen molar-refractivity contribution in [1.29, 1.82) is 0 Å². The second-order valence-corrected chi connectivity index (χ2v) is 15.5. The molecule has 0 aromatic heterocycles. The fourth-order valence-corrected chi connectivity index (χ4v) is 6.93. The summed E-state index contributed by atoms with van der Waals surface area (Å²) in [6.07, 6.45) is 13.1. The van der Waals surface area contributed by atoms with Gasteiger partial charge in [-0.15, -0.1) is 0 Å². The minimum atomic E-state index is 0.802. The van der Waals surface area contributed by atoms with Crippen LogP contribution < -0.4 is 9.64 Å². The Balaban J connectivity index is 1.05. The van der Waals surface area contributed by atoms with Crippen LogP contribution in [0.1, 0.15) is 66.8 Å². The van der Waals surface area contributed by atoms with Crippen molar-refractivity contribution in [3.63, 3.8) is 0 Å². The molecule has 7 rings (SSSR count). The summed E-state index contributed by atoms with van der Waals surface area (Å²) in [5.41, 5.74) is 16.0. The summed E-state index contributed by atoms with van der Waals surface area (Å²) >= 11 is 0. The molecule has 0 aliphatic heterocycles. The highest BCUT2D eigenvalue weighted by molar-refractivity contribution is 5.71. The van der Waals surface area contributed by atoms with Crippen LogP contribution >= 0.6 is 0 Å². The molecule has 7 aromatic rings. The molecule has 0 heterocycles. The highest BCUT2D eigenvalue weighted by Gasteiger charge is 2.10. The van der Waals surface area contributed by atoms with Gasteiger partial charge in [0.05, 0.1) is 7.11 Å². The van der Waals surface area contributed by atoms with E-state index in [1.165, 1.54) is 66.9 Å². The van der Waals surface area contributed by atoms with Crippen molar-refractivity contribution in [2.75, 3.05) is 12.0 Å². The number of ether oxygens (including phenoxy) is 1. The van der Waals surface area contributed by atoms with Crippen molar-refractivity contribution >= 4 is 36.1 Å². The van der Waals surface area contributed by atoms with Crippen LogP contribution in [-0.4, -0.2) is 12.0 Å². The molecule has 0 radical (unpaired) electrons. The molecular weight excluding hydrogens is 717 g/mol. The number of anilines is 1. The molecule has 7 aromatic carbocycles. The summed E-state index contributed by atoms with van der Waals surface area (Å²) in [6.45, 7) is 9.66. The molecule has 0 fully saturated rings. The van der Waals surface area contributed by atoms with Crippen molar-refractivity contribution < 1.29 is 4.74 Å². The number of benzene rings is 7. The molecule has 0 bridgehead atoms. The van der Waals surface area contributed by atoms with E-state index in [1.807, 2.05) is 12.1 Å². The first-order valence-electron chi connectivity index (χ1n) is 20.5. The molecule has 0 spiro atoms. The normalized spacial score (nSPS) is 11.5. The van der Waals surface area contributed by atoms with Crippen LogP contribution in [0, 0.1) is 20.8 Å². The molecule has 3 nitrogen and oxygen atoms in total. The van der Waals surface area contributed by atoms with Gasteiger partial charge in [-0.2, -0.15) is 0 Å². The van der Waals surface area contributed by atoms with Gasteiger partial charge in [-0.05, 0) is 101 Å². The van der Waals surface area contributed by atoms with E-state index >= 15 is 0 Å². The van der Waals surface area contributed by atoms with E-state index in [2.05, 4.69) is 225 Å². The van der Waals surface area contributed by atoms with Gasteiger partial charge in [-0.3, -0.25) is 0 Å². The predicted molar refractivity (Wildman–Crippen MR) is 252 cm³/mol. The lowest BCUT2D eigenvalue weighted by atomic mass is 10.1. The summed E-state index contributed by atoms with van der Waals surface area (Å²) in [5, 5.41) is 0. The van der Waals surface area contributed by atoms with Crippen LogP contribution in [0.15, 0.2) is 176 Å². The van der Waals surface area contributed by atoms with E-state index in [0.717, 1.165) is 37.5 Å². The minimum absolute atomic E-state index is 0.802. The highest BCUT2D eigenvalue weighted by atomic mass is 16.5. The third kappa shape index (κ3) is 12.3. The minimum Gasteiger partial charge on any atom is -0.497 e. The van der Waals surface area contributed by atoms with Crippen molar-refractivity contribution in [3.05, 3.63) is 243 Å². The number of methoxy groups -OCH3 is 1. The Morgan fingerprint density at radius 1 is 0.356 bits per heavy atom. The van der Waals surface area contributed by atoms with E-state index in [-0.39, 0.29) is 0 Å². The van der Waals surface area contributed by atoms with Crippen LogP contribution in [0.4, 0.5) is 5.69 Å². The Morgan fingerprint density at radius 3 is 1.07 bits per heavy atom. The smallest absolute Gasteiger partial charge is 0.118 e. The molecule has 294 valence electrons. The summed E-state index contributed by atoms with van der Waals surface area (Å²) in [7, 11) is 1.69. The van der Waals surface area contributed by atoms with Crippen molar-refractivity contribution in [2.24, 2.45) is 0 Å². The van der Waals surface area contributed by atoms with Gasteiger partial charge in [0.1, 0.15) is 5.75 Å². The fourth-order valence-electron chi connectivity index (χ4n) is 6.93. The lowest BCUT2D eigenvalue weighted by Gasteiger charge is -2.26. The molecule has 59 heavy (non-hydrogen) atoms. The lowest BCUT2D eigenvalue weighted by molar-refractivity contribution is 0.364. The van der Waals surface area contributed by atoms with Crippen molar-refractivity contribution in [2.45, 2.75) is 47.0 Å². The molecule has 3 heteroatoms. The van der Waals surface area contributed by atoms with Gasteiger partial charge < -0.3 is 14.5 Å². The number of hydrogen-bond acceptors (Lipinski definition) is 3. The second-order valence-electron chi connectivity index (χ2n) is 15.5. The lowest BCUT2D eigenvalue weighted by Crippen LogP contribution is -2.22. The maximum absolute atomic E-state index is 5.30. The van der Waals surface area contributed by atoms with Crippen molar-refractivity contribution in [3.8, 4) is 5.75 Å². The molecule has 0 aliphatic carbocycles. The first-order chi connectivity index (χ1) is 28.8. The predicted octanol–water partition coefficient (Wildman–Crippen LogP) is 13.8. The quantitative estimate of drug-likeness (QED) is 0.0910. The van der Waals surface area contributed by atoms with Crippen LogP contribution in [-0.2, 0) is 26.2 Å². The number of aryl methyl sites for hydroxylation is 3. The Labute approximate surface area is 351 Å². The van der Waals surface area contributed by atoms with E-state index < -0.39 is 0 Å². The Morgan fingerprint density at radius 2 is 0.661 bits per heavy atom. The molecular formula is C56H54N2O. The summed E-state index contributed by atoms with van der Waals surface area (Å²) in [5.74, 6) is 0.865.